The fourth-order valence-corrected chi connectivity index (χ4v) is 5.04. The van der Waals surface area contributed by atoms with Crippen LogP contribution in [0.25, 0.3) is 16.9 Å². The zero-order valence-corrected chi connectivity index (χ0v) is 18.7. The lowest BCUT2D eigenvalue weighted by Crippen LogP contribution is -2.43. The third-order valence-electron chi connectivity index (χ3n) is 6.54. The number of hydrogen-bond donors (Lipinski definition) is 0. The number of fused-ring (bicyclic) bond motifs is 1. The van der Waals surface area contributed by atoms with Gasteiger partial charge in [-0.05, 0) is 37.5 Å². The fourth-order valence-electron chi connectivity index (χ4n) is 4.82. The molecule has 1 atom stereocenters. The van der Waals surface area contributed by atoms with Gasteiger partial charge >= 0.3 is 5.69 Å². The number of para-hydroxylation sites is 1. The summed E-state index contributed by atoms with van der Waals surface area (Å²) in [5, 5.41) is 0.440. The summed E-state index contributed by atoms with van der Waals surface area (Å²) in [4.78, 5) is 32.1. The largest absolute Gasteiger partial charge is 0.337 e. The van der Waals surface area contributed by atoms with Gasteiger partial charge in [-0.25, -0.2) is 14.3 Å². The van der Waals surface area contributed by atoms with E-state index in [4.69, 9.17) is 11.6 Å². The first kappa shape index (κ1) is 20.8. The minimum absolute atomic E-state index is 0.114. The molecule has 0 aliphatic heterocycles. The highest BCUT2D eigenvalue weighted by molar-refractivity contribution is 6.32. The normalized spacial score (nSPS) is 15.8. The quantitative estimate of drug-likeness (QED) is 0.435. The maximum Gasteiger partial charge on any atom is 0.337 e. The van der Waals surface area contributed by atoms with Gasteiger partial charge in [-0.3, -0.25) is 9.36 Å². The number of nitrogens with zero attached hydrogens (tertiary/aromatic N) is 4. The van der Waals surface area contributed by atoms with E-state index in [0.717, 1.165) is 37.7 Å². The Balaban J connectivity index is 1.83. The van der Waals surface area contributed by atoms with Gasteiger partial charge in [-0.2, -0.15) is 0 Å². The molecule has 1 saturated carbocycles. The van der Waals surface area contributed by atoms with Gasteiger partial charge in [0.1, 0.15) is 0 Å². The molecule has 0 bridgehead atoms. The van der Waals surface area contributed by atoms with Crippen LogP contribution >= 0.6 is 11.6 Å². The van der Waals surface area contributed by atoms with Crippen LogP contribution in [0.2, 0.25) is 5.02 Å². The second kappa shape index (κ2) is 8.43. The lowest BCUT2D eigenvalue weighted by Gasteiger charge is -2.25. The Hall–Kier alpha value is -3.12. The highest BCUT2D eigenvalue weighted by atomic mass is 35.5. The second-order valence-corrected chi connectivity index (χ2v) is 8.85. The first-order chi connectivity index (χ1) is 15.6. The molecular formula is C25H25ClN4O2. The van der Waals surface area contributed by atoms with Gasteiger partial charge in [0, 0.05) is 6.04 Å². The maximum atomic E-state index is 13.8. The van der Waals surface area contributed by atoms with Crippen molar-refractivity contribution in [2.45, 2.75) is 51.1 Å². The van der Waals surface area contributed by atoms with Crippen LogP contribution in [0.1, 0.15) is 56.7 Å². The molecule has 1 unspecified atom stereocenters. The first-order valence-electron chi connectivity index (χ1n) is 11.1. The molecule has 0 radical (unpaired) electrons. The summed E-state index contributed by atoms with van der Waals surface area (Å²) < 4.78 is 4.82. The third-order valence-corrected chi connectivity index (χ3v) is 6.86. The van der Waals surface area contributed by atoms with E-state index in [9.17, 15) is 9.59 Å². The smallest absolute Gasteiger partial charge is 0.317 e. The lowest BCUT2D eigenvalue weighted by atomic mass is 9.95. The van der Waals surface area contributed by atoms with Gasteiger partial charge in [0.25, 0.3) is 5.56 Å². The van der Waals surface area contributed by atoms with Crippen LogP contribution < -0.4 is 11.2 Å². The van der Waals surface area contributed by atoms with Crippen LogP contribution in [0.5, 0.6) is 0 Å². The van der Waals surface area contributed by atoms with Crippen molar-refractivity contribution in [3.05, 3.63) is 92.3 Å². The van der Waals surface area contributed by atoms with E-state index in [-0.39, 0.29) is 23.3 Å². The zero-order chi connectivity index (χ0) is 22.2. The van der Waals surface area contributed by atoms with Crippen LogP contribution in [0.3, 0.4) is 0 Å². The van der Waals surface area contributed by atoms with Gasteiger partial charge in [-0.1, -0.05) is 73.3 Å². The predicted octanol–water partition coefficient (Wildman–Crippen LogP) is 5.12. The minimum atomic E-state index is -0.375. The number of rotatable bonds is 4. The number of aromatic nitrogens is 4. The number of halogens is 1. The number of imidazole rings is 1. The standard InChI is InChI=1S/C25H25ClN4O2/c1-17(18-10-4-2-5-11-18)28-16-27-23-22(28)24(31)29(19-12-6-3-7-13-19)25(32)30(23)21-15-9-8-14-20(21)26/h2,4-5,8-11,14-17,19H,3,6-7,12-13H2,1H3. The molecule has 7 heteroatoms. The van der Waals surface area contributed by atoms with E-state index < -0.39 is 0 Å². The van der Waals surface area contributed by atoms with Gasteiger partial charge in [0.2, 0.25) is 0 Å². The van der Waals surface area contributed by atoms with Crippen molar-refractivity contribution in [3.63, 3.8) is 0 Å². The fraction of sp³-hybridized carbons (Fsp3) is 0.320. The molecule has 1 aliphatic carbocycles. The summed E-state index contributed by atoms with van der Waals surface area (Å²) in [5.74, 6) is 0. The zero-order valence-electron chi connectivity index (χ0n) is 17.9. The van der Waals surface area contributed by atoms with E-state index in [1.54, 1.807) is 18.5 Å². The summed E-state index contributed by atoms with van der Waals surface area (Å²) in [5.41, 5.74) is 1.70. The molecule has 32 heavy (non-hydrogen) atoms. The molecule has 0 saturated heterocycles. The topological polar surface area (TPSA) is 61.8 Å². The van der Waals surface area contributed by atoms with Crippen molar-refractivity contribution in [1.82, 2.24) is 18.7 Å². The van der Waals surface area contributed by atoms with Crippen LogP contribution in [0.15, 0.2) is 70.5 Å². The molecule has 5 rings (SSSR count). The van der Waals surface area contributed by atoms with Crippen LogP contribution in [-0.4, -0.2) is 18.7 Å². The third kappa shape index (κ3) is 3.39. The maximum absolute atomic E-state index is 13.8. The second-order valence-electron chi connectivity index (χ2n) is 8.45. The summed E-state index contributed by atoms with van der Waals surface area (Å²) in [6.45, 7) is 2.03. The average Bonchev–Trinajstić information content (AvgIpc) is 3.26. The molecule has 0 spiro atoms. The van der Waals surface area contributed by atoms with Crippen molar-refractivity contribution < 1.29 is 0 Å². The molecule has 2 aromatic heterocycles. The van der Waals surface area contributed by atoms with E-state index in [0.29, 0.717) is 21.9 Å². The SMILES string of the molecule is CC(c1ccccc1)n1cnc2c1c(=O)n(C1CCCCC1)c(=O)n2-c1ccccc1Cl. The Morgan fingerprint density at radius 2 is 1.66 bits per heavy atom. The molecule has 1 fully saturated rings. The first-order valence-corrected chi connectivity index (χ1v) is 11.5. The van der Waals surface area contributed by atoms with Crippen LogP contribution in [0.4, 0.5) is 0 Å². The van der Waals surface area contributed by atoms with Crippen LogP contribution in [0, 0.1) is 0 Å². The summed E-state index contributed by atoms with van der Waals surface area (Å²) >= 11 is 6.49. The Morgan fingerprint density at radius 3 is 2.38 bits per heavy atom. The van der Waals surface area contributed by atoms with Crippen molar-refractivity contribution in [3.8, 4) is 5.69 Å². The molecule has 0 amide bonds. The van der Waals surface area contributed by atoms with E-state index in [1.165, 1.54) is 9.13 Å². The summed E-state index contributed by atoms with van der Waals surface area (Å²) in [6, 6.07) is 16.9. The van der Waals surface area contributed by atoms with Gasteiger partial charge in [0.15, 0.2) is 11.2 Å². The molecule has 2 aromatic carbocycles. The van der Waals surface area contributed by atoms with E-state index in [1.807, 2.05) is 54.0 Å². The van der Waals surface area contributed by atoms with Gasteiger partial charge in [0.05, 0.1) is 23.1 Å². The average molecular weight is 449 g/mol. The Morgan fingerprint density at radius 1 is 0.969 bits per heavy atom. The summed E-state index contributed by atoms with van der Waals surface area (Å²) in [7, 11) is 0. The van der Waals surface area contributed by atoms with Crippen molar-refractivity contribution in [2.75, 3.05) is 0 Å². The molecule has 1 aliphatic rings. The Kier molecular flexibility index (Phi) is 5.47. The molecule has 0 N–H and O–H groups in total. The number of hydrogen-bond acceptors (Lipinski definition) is 3. The summed E-state index contributed by atoms with van der Waals surface area (Å²) in [6.07, 6.45) is 6.47. The monoisotopic (exact) mass is 448 g/mol. The highest BCUT2D eigenvalue weighted by Crippen LogP contribution is 2.28. The predicted molar refractivity (Wildman–Crippen MR) is 127 cm³/mol. The van der Waals surface area contributed by atoms with Gasteiger partial charge < -0.3 is 4.57 Å². The van der Waals surface area contributed by atoms with Crippen molar-refractivity contribution in [1.29, 1.82) is 0 Å². The number of benzene rings is 2. The Bertz CT molecular complexity index is 1380. The molecule has 4 aromatic rings. The molecule has 164 valence electrons. The van der Waals surface area contributed by atoms with Gasteiger partial charge in [-0.15, -0.1) is 0 Å². The highest BCUT2D eigenvalue weighted by Gasteiger charge is 2.27. The molecular weight excluding hydrogens is 424 g/mol. The Labute approximate surface area is 190 Å². The molecule has 2 heterocycles. The lowest BCUT2D eigenvalue weighted by molar-refractivity contribution is 0.335. The van der Waals surface area contributed by atoms with Crippen LogP contribution in [-0.2, 0) is 0 Å². The molecule has 6 nitrogen and oxygen atoms in total. The van der Waals surface area contributed by atoms with E-state index in [2.05, 4.69) is 4.98 Å². The van der Waals surface area contributed by atoms with Crippen molar-refractivity contribution in [2.24, 2.45) is 0 Å². The van der Waals surface area contributed by atoms with Crippen molar-refractivity contribution >= 4 is 22.8 Å². The van der Waals surface area contributed by atoms with E-state index >= 15 is 0 Å². The minimum Gasteiger partial charge on any atom is -0.317 e.